The van der Waals surface area contributed by atoms with Crippen LogP contribution in [0.1, 0.15) is 24.3 Å². The molecule has 1 aromatic rings. The van der Waals surface area contributed by atoms with Gasteiger partial charge in [-0.2, -0.15) is 5.06 Å². The molecule has 5 heteroatoms. The first-order valence-electron chi connectivity index (χ1n) is 4.68. The maximum Gasteiger partial charge on any atom is 0.343 e. The summed E-state index contributed by atoms with van der Waals surface area (Å²) in [5.74, 6) is 0.590. The van der Waals surface area contributed by atoms with E-state index in [4.69, 9.17) is 4.42 Å². The average molecular weight is 212 g/mol. The molecule has 0 radical (unpaired) electrons. The molecule has 1 N–H and O–H groups in total. The topological polar surface area (TPSA) is 56.9 Å². The SMILES string of the molecule is Cc1ccoc1C(C)N(O)C(=O)N(C)C. The van der Waals surface area contributed by atoms with Crippen molar-refractivity contribution in [3.63, 3.8) is 0 Å². The molecule has 5 nitrogen and oxygen atoms in total. The van der Waals surface area contributed by atoms with Crippen LogP contribution in [-0.2, 0) is 0 Å². The molecule has 0 aliphatic rings. The van der Waals surface area contributed by atoms with E-state index in [1.165, 1.54) is 11.2 Å². The van der Waals surface area contributed by atoms with E-state index < -0.39 is 12.1 Å². The molecule has 0 saturated carbocycles. The van der Waals surface area contributed by atoms with E-state index in [-0.39, 0.29) is 0 Å². The summed E-state index contributed by atoms with van der Waals surface area (Å²) in [6.45, 7) is 3.57. The highest BCUT2D eigenvalue weighted by Gasteiger charge is 2.24. The minimum Gasteiger partial charge on any atom is -0.467 e. The molecule has 15 heavy (non-hydrogen) atoms. The van der Waals surface area contributed by atoms with Crippen LogP contribution in [0, 0.1) is 6.92 Å². The first-order chi connectivity index (χ1) is 6.95. The number of hydrogen-bond donors (Lipinski definition) is 1. The van der Waals surface area contributed by atoms with E-state index in [2.05, 4.69) is 0 Å². The molecule has 0 aromatic carbocycles. The van der Waals surface area contributed by atoms with Gasteiger partial charge < -0.3 is 9.32 Å². The Labute approximate surface area is 88.8 Å². The Balaban J connectivity index is 2.81. The lowest BCUT2D eigenvalue weighted by atomic mass is 10.2. The number of amides is 2. The molecule has 1 aromatic heterocycles. The van der Waals surface area contributed by atoms with E-state index in [0.29, 0.717) is 10.8 Å². The zero-order chi connectivity index (χ0) is 11.6. The molecule has 1 unspecified atom stereocenters. The molecule has 0 aliphatic carbocycles. The molecular formula is C10H16N2O3. The van der Waals surface area contributed by atoms with Crippen LogP contribution in [-0.4, -0.2) is 35.3 Å². The number of aryl methyl sites for hydroxylation is 1. The minimum absolute atomic E-state index is 0.474. The lowest BCUT2D eigenvalue weighted by Crippen LogP contribution is -2.38. The number of hydrogen-bond acceptors (Lipinski definition) is 3. The smallest absolute Gasteiger partial charge is 0.343 e. The van der Waals surface area contributed by atoms with E-state index in [9.17, 15) is 10.0 Å². The van der Waals surface area contributed by atoms with E-state index in [1.54, 1.807) is 27.1 Å². The summed E-state index contributed by atoms with van der Waals surface area (Å²) in [4.78, 5) is 12.8. The van der Waals surface area contributed by atoms with Crippen molar-refractivity contribution in [2.24, 2.45) is 0 Å². The Morgan fingerprint density at radius 2 is 2.13 bits per heavy atom. The molecule has 0 fully saturated rings. The van der Waals surface area contributed by atoms with Gasteiger partial charge in [0.2, 0.25) is 0 Å². The van der Waals surface area contributed by atoms with Gasteiger partial charge in [0.1, 0.15) is 11.8 Å². The molecule has 1 heterocycles. The van der Waals surface area contributed by atoms with Crippen LogP contribution in [0.3, 0.4) is 0 Å². The number of urea groups is 1. The summed E-state index contributed by atoms with van der Waals surface area (Å²) in [5.41, 5.74) is 0.910. The first-order valence-corrected chi connectivity index (χ1v) is 4.68. The van der Waals surface area contributed by atoms with Crippen molar-refractivity contribution >= 4 is 6.03 Å². The molecular weight excluding hydrogens is 196 g/mol. The fourth-order valence-electron chi connectivity index (χ4n) is 1.29. The normalized spacial score (nSPS) is 12.3. The number of hydroxylamine groups is 2. The van der Waals surface area contributed by atoms with Gasteiger partial charge >= 0.3 is 6.03 Å². The van der Waals surface area contributed by atoms with Gasteiger partial charge in [-0.05, 0) is 25.5 Å². The third-order valence-electron chi connectivity index (χ3n) is 2.23. The van der Waals surface area contributed by atoms with Crippen LogP contribution in [0.5, 0.6) is 0 Å². The van der Waals surface area contributed by atoms with Gasteiger partial charge in [0.25, 0.3) is 0 Å². The second kappa shape index (κ2) is 4.35. The predicted molar refractivity (Wildman–Crippen MR) is 54.6 cm³/mol. The minimum atomic E-state index is -0.491. The zero-order valence-electron chi connectivity index (χ0n) is 9.39. The molecule has 0 bridgehead atoms. The Hall–Kier alpha value is -1.49. The van der Waals surface area contributed by atoms with Gasteiger partial charge in [0, 0.05) is 14.1 Å². The highest BCUT2D eigenvalue weighted by atomic mass is 16.5. The molecule has 0 saturated heterocycles. The van der Waals surface area contributed by atoms with Crippen molar-refractivity contribution in [2.45, 2.75) is 19.9 Å². The fourth-order valence-corrected chi connectivity index (χ4v) is 1.29. The van der Waals surface area contributed by atoms with Crippen LogP contribution < -0.4 is 0 Å². The van der Waals surface area contributed by atoms with Crippen molar-refractivity contribution in [1.82, 2.24) is 9.96 Å². The van der Waals surface area contributed by atoms with Crippen molar-refractivity contribution < 1.29 is 14.4 Å². The summed E-state index contributed by atoms with van der Waals surface area (Å²) in [7, 11) is 3.15. The number of rotatable bonds is 2. The Bertz CT molecular complexity index is 346. The monoisotopic (exact) mass is 212 g/mol. The van der Waals surface area contributed by atoms with E-state index in [1.807, 2.05) is 6.92 Å². The highest BCUT2D eigenvalue weighted by Crippen LogP contribution is 2.23. The van der Waals surface area contributed by atoms with Crippen molar-refractivity contribution in [3.05, 3.63) is 23.7 Å². The Morgan fingerprint density at radius 1 is 1.53 bits per heavy atom. The molecule has 0 spiro atoms. The zero-order valence-corrected chi connectivity index (χ0v) is 9.39. The number of carbonyl (C=O) groups excluding carboxylic acids is 1. The molecule has 2 amide bonds. The summed E-state index contributed by atoms with van der Waals surface area (Å²) in [5, 5.41) is 10.3. The maximum absolute atomic E-state index is 11.5. The lowest BCUT2D eigenvalue weighted by molar-refractivity contribution is -0.0880. The third kappa shape index (κ3) is 2.30. The second-order valence-corrected chi connectivity index (χ2v) is 3.67. The standard InChI is InChI=1S/C10H16N2O3/c1-7-5-6-15-9(7)8(2)12(14)10(13)11(3)4/h5-6,8,14H,1-4H3. The van der Waals surface area contributed by atoms with E-state index >= 15 is 0 Å². The number of furan rings is 1. The summed E-state index contributed by atoms with van der Waals surface area (Å²) in [6.07, 6.45) is 1.54. The highest BCUT2D eigenvalue weighted by molar-refractivity contribution is 5.72. The number of carbonyl (C=O) groups is 1. The summed E-state index contributed by atoms with van der Waals surface area (Å²) >= 11 is 0. The molecule has 84 valence electrons. The van der Waals surface area contributed by atoms with Crippen LogP contribution in [0.15, 0.2) is 16.7 Å². The van der Waals surface area contributed by atoms with Crippen LogP contribution >= 0.6 is 0 Å². The molecule has 1 atom stereocenters. The van der Waals surface area contributed by atoms with Crippen LogP contribution in [0.2, 0.25) is 0 Å². The molecule has 1 rings (SSSR count). The fraction of sp³-hybridized carbons (Fsp3) is 0.500. The maximum atomic E-state index is 11.5. The van der Waals surface area contributed by atoms with Gasteiger partial charge in [0.05, 0.1) is 6.26 Å². The van der Waals surface area contributed by atoms with Crippen LogP contribution in [0.25, 0.3) is 0 Å². The van der Waals surface area contributed by atoms with Gasteiger partial charge in [0.15, 0.2) is 0 Å². The van der Waals surface area contributed by atoms with Crippen molar-refractivity contribution in [3.8, 4) is 0 Å². The summed E-state index contributed by atoms with van der Waals surface area (Å²) in [6, 6.07) is 0.827. The predicted octanol–water partition coefficient (Wildman–Crippen LogP) is 2.02. The quantitative estimate of drug-likeness (QED) is 0.602. The largest absolute Gasteiger partial charge is 0.467 e. The first kappa shape index (κ1) is 11.6. The molecule has 0 aliphatic heterocycles. The Morgan fingerprint density at radius 3 is 2.53 bits per heavy atom. The van der Waals surface area contributed by atoms with Gasteiger partial charge in [-0.15, -0.1) is 0 Å². The summed E-state index contributed by atoms with van der Waals surface area (Å²) < 4.78 is 5.20. The second-order valence-electron chi connectivity index (χ2n) is 3.67. The van der Waals surface area contributed by atoms with E-state index in [0.717, 1.165) is 5.56 Å². The van der Waals surface area contributed by atoms with Crippen molar-refractivity contribution in [1.29, 1.82) is 0 Å². The average Bonchev–Trinajstić information content (AvgIpc) is 2.60. The third-order valence-corrected chi connectivity index (χ3v) is 2.23. The van der Waals surface area contributed by atoms with Gasteiger partial charge in [-0.1, -0.05) is 0 Å². The van der Waals surface area contributed by atoms with Gasteiger partial charge in [-0.25, -0.2) is 4.79 Å². The van der Waals surface area contributed by atoms with Crippen LogP contribution in [0.4, 0.5) is 4.79 Å². The number of nitrogens with zero attached hydrogens (tertiary/aromatic N) is 2. The Kier molecular flexibility index (Phi) is 3.36. The van der Waals surface area contributed by atoms with Crippen molar-refractivity contribution in [2.75, 3.05) is 14.1 Å². The lowest BCUT2D eigenvalue weighted by Gasteiger charge is -2.24. The van der Waals surface area contributed by atoms with Gasteiger partial charge in [-0.3, -0.25) is 5.21 Å².